The Morgan fingerprint density at radius 3 is 2.95 bits per heavy atom. The molecule has 1 atom stereocenters. The van der Waals surface area contributed by atoms with Gasteiger partial charge in [0.05, 0.1) is 10.2 Å². The van der Waals surface area contributed by atoms with Crippen molar-refractivity contribution >= 4 is 21.8 Å². The maximum atomic E-state index is 12.6. The van der Waals surface area contributed by atoms with E-state index in [0.717, 1.165) is 36.1 Å². The molecule has 1 amide bonds. The summed E-state index contributed by atoms with van der Waals surface area (Å²) in [4.78, 5) is 14.5. The Morgan fingerprint density at radius 2 is 2.37 bits per heavy atom. The zero-order chi connectivity index (χ0) is 14.0. The first-order chi connectivity index (χ1) is 9.06. The molecule has 1 aromatic heterocycles. The summed E-state index contributed by atoms with van der Waals surface area (Å²) in [6, 6.07) is 0.281. The van der Waals surface area contributed by atoms with E-state index in [-0.39, 0.29) is 11.9 Å². The summed E-state index contributed by atoms with van der Waals surface area (Å²) in [5.41, 5.74) is 1.49. The summed E-state index contributed by atoms with van der Waals surface area (Å²) in [6.07, 6.45) is 2.13. The van der Waals surface area contributed by atoms with Crippen molar-refractivity contribution in [3.05, 3.63) is 15.9 Å². The number of aromatic amines is 1. The summed E-state index contributed by atoms with van der Waals surface area (Å²) in [6.45, 7) is 5.81. The van der Waals surface area contributed by atoms with Crippen molar-refractivity contribution in [1.29, 1.82) is 0 Å². The zero-order valence-corrected chi connectivity index (χ0v) is 13.2. The smallest absolute Gasteiger partial charge is 0.275 e. The molecule has 0 spiro atoms. The van der Waals surface area contributed by atoms with Gasteiger partial charge in [-0.05, 0) is 41.7 Å². The summed E-state index contributed by atoms with van der Waals surface area (Å²) >= 11 is 3.50. The van der Waals surface area contributed by atoms with Crippen LogP contribution in [0.15, 0.2) is 4.47 Å². The number of likely N-dealkylation sites (tertiary alicyclic amines) is 1. The number of halogens is 1. The van der Waals surface area contributed by atoms with E-state index in [9.17, 15) is 4.79 Å². The highest BCUT2D eigenvalue weighted by atomic mass is 79.9. The van der Waals surface area contributed by atoms with Crippen LogP contribution in [-0.2, 0) is 0 Å². The normalized spacial score (nSPS) is 19.4. The van der Waals surface area contributed by atoms with E-state index < -0.39 is 0 Å². The molecule has 106 valence electrons. The minimum atomic E-state index is 0.0211. The average Bonchev–Trinajstić information content (AvgIpc) is 2.95. The minimum Gasteiger partial charge on any atom is -0.333 e. The molecule has 1 aromatic rings. The Balaban J connectivity index is 2.19. The molecule has 0 aromatic carbocycles. The van der Waals surface area contributed by atoms with Crippen molar-refractivity contribution in [2.24, 2.45) is 0 Å². The Kier molecular flexibility index (Phi) is 4.62. The highest BCUT2D eigenvalue weighted by Crippen LogP contribution is 2.28. The Bertz CT molecular complexity index is 457. The molecular formula is C13H21BrN4O. The van der Waals surface area contributed by atoms with Crippen LogP contribution >= 0.6 is 15.9 Å². The third kappa shape index (κ3) is 2.84. The Labute approximate surface area is 122 Å². The summed E-state index contributed by atoms with van der Waals surface area (Å²) in [7, 11) is 1.92. The van der Waals surface area contributed by atoms with Gasteiger partial charge in [-0.2, -0.15) is 5.10 Å². The minimum absolute atomic E-state index is 0.0211. The maximum absolute atomic E-state index is 12.6. The van der Waals surface area contributed by atoms with Crippen molar-refractivity contribution in [2.45, 2.75) is 38.6 Å². The van der Waals surface area contributed by atoms with Crippen LogP contribution in [0.3, 0.4) is 0 Å². The van der Waals surface area contributed by atoms with E-state index in [4.69, 9.17) is 0 Å². The first kappa shape index (κ1) is 14.5. The van der Waals surface area contributed by atoms with Crippen LogP contribution in [-0.4, -0.2) is 47.2 Å². The lowest BCUT2D eigenvalue weighted by molar-refractivity contribution is 0.0730. The molecule has 6 heteroatoms. The van der Waals surface area contributed by atoms with E-state index >= 15 is 0 Å². The van der Waals surface area contributed by atoms with Gasteiger partial charge < -0.3 is 10.2 Å². The molecule has 1 saturated heterocycles. The number of amides is 1. The highest BCUT2D eigenvalue weighted by molar-refractivity contribution is 9.10. The number of carbonyl (C=O) groups excluding carboxylic acids is 1. The average molecular weight is 329 g/mol. The fraction of sp³-hybridized carbons (Fsp3) is 0.692. The number of carbonyl (C=O) groups is 1. The molecule has 1 aliphatic rings. The number of nitrogens with one attached hydrogen (secondary N) is 2. The van der Waals surface area contributed by atoms with Gasteiger partial charge in [-0.1, -0.05) is 13.8 Å². The molecule has 2 heterocycles. The SMILES string of the molecule is CNC[C@@H]1CCCN1C(=O)c1n[nH]c(C(C)C)c1Br. The first-order valence-electron chi connectivity index (χ1n) is 6.75. The van der Waals surface area contributed by atoms with Crippen LogP contribution < -0.4 is 5.32 Å². The predicted molar refractivity (Wildman–Crippen MR) is 78.4 cm³/mol. The van der Waals surface area contributed by atoms with Gasteiger partial charge in [-0.15, -0.1) is 0 Å². The Morgan fingerprint density at radius 1 is 1.63 bits per heavy atom. The third-order valence-electron chi connectivity index (χ3n) is 3.59. The number of likely N-dealkylation sites (N-methyl/N-ethyl adjacent to an activating group) is 1. The van der Waals surface area contributed by atoms with Crippen LogP contribution in [0.2, 0.25) is 0 Å². The number of nitrogens with zero attached hydrogens (tertiary/aromatic N) is 2. The molecule has 19 heavy (non-hydrogen) atoms. The van der Waals surface area contributed by atoms with Crippen molar-refractivity contribution in [1.82, 2.24) is 20.4 Å². The van der Waals surface area contributed by atoms with Gasteiger partial charge in [0.25, 0.3) is 5.91 Å². The number of rotatable bonds is 4. The number of aromatic nitrogens is 2. The molecule has 2 rings (SSSR count). The molecule has 1 fully saturated rings. The third-order valence-corrected chi connectivity index (χ3v) is 4.39. The van der Waals surface area contributed by atoms with Gasteiger partial charge in [0.15, 0.2) is 5.69 Å². The van der Waals surface area contributed by atoms with E-state index in [0.29, 0.717) is 11.6 Å². The molecule has 0 aliphatic carbocycles. The number of H-pyrrole nitrogens is 1. The fourth-order valence-corrected chi connectivity index (χ4v) is 3.36. The lowest BCUT2D eigenvalue weighted by atomic mass is 10.1. The molecule has 0 bridgehead atoms. The molecule has 0 radical (unpaired) electrons. The van der Waals surface area contributed by atoms with E-state index in [2.05, 4.69) is 45.3 Å². The Hall–Kier alpha value is -0.880. The van der Waals surface area contributed by atoms with E-state index in [1.165, 1.54) is 0 Å². The summed E-state index contributed by atoms with van der Waals surface area (Å²) in [5.74, 6) is 0.336. The van der Waals surface area contributed by atoms with E-state index in [1.807, 2.05) is 11.9 Å². The number of hydrogen-bond donors (Lipinski definition) is 2. The second-order valence-electron chi connectivity index (χ2n) is 5.31. The van der Waals surface area contributed by atoms with E-state index in [1.54, 1.807) is 0 Å². The standard InChI is InChI=1S/C13H21BrN4O/c1-8(2)11-10(14)12(17-16-11)13(19)18-6-4-5-9(18)7-15-3/h8-9,15H,4-7H2,1-3H3,(H,16,17)/t9-/m0/s1. The maximum Gasteiger partial charge on any atom is 0.275 e. The largest absolute Gasteiger partial charge is 0.333 e. The summed E-state index contributed by atoms with van der Waals surface area (Å²) in [5, 5.41) is 10.3. The topological polar surface area (TPSA) is 61.0 Å². The van der Waals surface area contributed by atoms with Gasteiger partial charge in [0.2, 0.25) is 0 Å². The zero-order valence-electron chi connectivity index (χ0n) is 11.7. The predicted octanol–water partition coefficient (Wildman–Crippen LogP) is 2.12. The van der Waals surface area contributed by atoms with Crippen LogP contribution in [0.1, 0.15) is 48.8 Å². The fourth-order valence-electron chi connectivity index (χ4n) is 2.55. The second kappa shape index (κ2) is 6.05. The van der Waals surface area contributed by atoms with Crippen LogP contribution in [0.4, 0.5) is 0 Å². The first-order valence-corrected chi connectivity index (χ1v) is 7.54. The number of hydrogen-bond acceptors (Lipinski definition) is 3. The van der Waals surface area contributed by atoms with Crippen LogP contribution in [0.25, 0.3) is 0 Å². The highest BCUT2D eigenvalue weighted by Gasteiger charge is 2.32. The lowest BCUT2D eigenvalue weighted by Gasteiger charge is -2.23. The van der Waals surface area contributed by atoms with Crippen molar-refractivity contribution in [3.8, 4) is 0 Å². The molecular weight excluding hydrogens is 308 g/mol. The molecule has 2 N–H and O–H groups in total. The molecule has 1 aliphatic heterocycles. The molecule has 0 unspecified atom stereocenters. The van der Waals surface area contributed by atoms with Gasteiger partial charge in [-0.3, -0.25) is 9.89 Å². The quantitative estimate of drug-likeness (QED) is 0.889. The second-order valence-corrected chi connectivity index (χ2v) is 6.10. The monoisotopic (exact) mass is 328 g/mol. The molecule has 5 nitrogen and oxygen atoms in total. The van der Waals surface area contributed by atoms with Crippen LogP contribution in [0.5, 0.6) is 0 Å². The van der Waals surface area contributed by atoms with Gasteiger partial charge in [0.1, 0.15) is 0 Å². The van der Waals surface area contributed by atoms with Gasteiger partial charge >= 0.3 is 0 Å². The van der Waals surface area contributed by atoms with Crippen molar-refractivity contribution in [2.75, 3.05) is 20.1 Å². The van der Waals surface area contributed by atoms with Crippen molar-refractivity contribution < 1.29 is 4.79 Å². The van der Waals surface area contributed by atoms with Gasteiger partial charge in [0, 0.05) is 19.1 Å². The molecule has 0 saturated carbocycles. The lowest BCUT2D eigenvalue weighted by Crippen LogP contribution is -2.41. The summed E-state index contributed by atoms with van der Waals surface area (Å²) < 4.78 is 0.808. The van der Waals surface area contributed by atoms with Crippen molar-refractivity contribution in [3.63, 3.8) is 0 Å². The van der Waals surface area contributed by atoms with Gasteiger partial charge in [-0.25, -0.2) is 0 Å². The van der Waals surface area contributed by atoms with Crippen LogP contribution in [0, 0.1) is 0 Å².